The van der Waals surface area contributed by atoms with Crippen LogP contribution in [0.1, 0.15) is 6.92 Å². The zero-order chi connectivity index (χ0) is 13.7. The van der Waals surface area contributed by atoms with Crippen LogP contribution in [0.3, 0.4) is 0 Å². The molecule has 18 heavy (non-hydrogen) atoms. The topological polar surface area (TPSA) is 83.6 Å². The molecule has 0 heterocycles. The lowest BCUT2D eigenvalue weighted by Crippen LogP contribution is -2.37. The minimum atomic E-state index is -0.971. The lowest BCUT2D eigenvalue weighted by molar-refractivity contribution is -0.135. The smallest absolute Gasteiger partial charge is 0.323 e. The molecular formula is C12H15ClN2O3. The normalized spacial score (nSPS) is 11.9. The third kappa shape index (κ3) is 4.25. The minimum absolute atomic E-state index is 0.195. The van der Waals surface area contributed by atoms with Crippen LogP contribution in [0.25, 0.3) is 0 Å². The van der Waals surface area contributed by atoms with Crippen molar-refractivity contribution in [2.75, 3.05) is 18.0 Å². The van der Waals surface area contributed by atoms with E-state index in [9.17, 15) is 9.59 Å². The Morgan fingerprint density at radius 3 is 2.39 bits per heavy atom. The number of nitrogens with two attached hydrogens (primary N) is 1. The van der Waals surface area contributed by atoms with E-state index in [1.54, 1.807) is 36.1 Å². The third-order valence-electron chi connectivity index (χ3n) is 2.50. The van der Waals surface area contributed by atoms with Gasteiger partial charge in [-0.1, -0.05) is 18.5 Å². The van der Waals surface area contributed by atoms with E-state index in [0.717, 1.165) is 0 Å². The monoisotopic (exact) mass is 270 g/mol. The molecule has 0 spiro atoms. The van der Waals surface area contributed by atoms with Gasteiger partial charge in [0.1, 0.15) is 6.54 Å². The van der Waals surface area contributed by atoms with E-state index < -0.39 is 17.8 Å². The molecule has 5 nitrogen and oxygen atoms in total. The van der Waals surface area contributed by atoms with Crippen LogP contribution in [0.2, 0.25) is 5.02 Å². The van der Waals surface area contributed by atoms with E-state index in [0.29, 0.717) is 10.7 Å². The van der Waals surface area contributed by atoms with Gasteiger partial charge in [0, 0.05) is 17.3 Å². The van der Waals surface area contributed by atoms with Crippen LogP contribution in [0.4, 0.5) is 5.69 Å². The van der Waals surface area contributed by atoms with E-state index in [1.165, 1.54) is 0 Å². The molecule has 6 heteroatoms. The van der Waals surface area contributed by atoms with E-state index in [2.05, 4.69) is 0 Å². The largest absolute Gasteiger partial charge is 0.480 e. The van der Waals surface area contributed by atoms with Gasteiger partial charge < -0.3 is 15.7 Å². The number of hydrogen-bond acceptors (Lipinski definition) is 3. The van der Waals surface area contributed by atoms with Crippen molar-refractivity contribution in [3.05, 3.63) is 29.3 Å². The summed E-state index contributed by atoms with van der Waals surface area (Å²) >= 11 is 5.77. The van der Waals surface area contributed by atoms with Crippen LogP contribution in [0, 0.1) is 5.92 Å². The van der Waals surface area contributed by atoms with Gasteiger partial charge in [0.2, 0.25) is 5.91 Å². The number of anilines is 1. The number of carbonyl (C=O) groups is 2. The molecule has 0 saturated carbocycles. The lowest BCUT2D eigenvalue weighted by Gasteiger charge is -2.25. The molecule has 0 aliphatic heterocycles. The first-order chi connectivity index (χ1) is 8.40. The molecule has 1 amide bonds. The maximum absolute atomic E-state index is 11.0. The van der Waals surface area contributed by atoms with Crippen molar-refractivity contribution >= 4 is 29.2 Å². The fourth-order valence-corrected chi connectivity index (χ4v) is 1.62. The van der Waals surface area contributed by atoms with Gasteiger partial charge in [0.25, 0.3) is 0 Å². The van der Waals surface area contributed by atoms with Crippen LogP contribution in [0.15, 0.2) is 24.3 Å². The van der Waals surface area contributed by atoms with Gasteiger partial charge in [-0.3, -0.25) is 9.59 Å². The van der Waals surface area contributed by atoms with Gasteiger partial charge in [-0.2, -0.15) is 0 Å². The predicted molar refractivity (Wildman–Crippen MR) is 69.7 cm³/mol. The summed E-state index contributed by atoms with van der Waals surface area (Å²) in [4.78, 5) is 23.4. The van der Waals surface area contributed by atoms with Gasteiger partial charge >= 0.3 is 5.97 Å². The summed E-state index contributed by atoms with van der Waals surface area (Å²) in [5, 5.41) is 9.43. The molecule has 1 aromatic carbocycles. The van der Waals surface area contributed by atoms with Crippen LogP contribution in [-0.2, 0) is 9.59 Å². The van der Waals surface area contributed by atoms with Crippen molar-refractivity contribution in [1.29, 1.82) is 0 Å². The molecule has 98 valence electrons. The van der Waals surface area contributed by atoms with Crippen LogP contribution < -0.4 is 10.6 Å². The van der Waals surface area contributed by atoms with Crippen molar-refractivity contribution in [2.24, 2.45) is 11.7 Å². The predicted octanol–water partition coefficient (Wildman–Crippen LogP) is 1.35. The minimum Gasteiger partial charge on any atom is -0.480 e. The Morgan fingerprint density at radius 1 is 1.39 bits per heavy atom. The van der Waals surface area contributed by atoms with Crippen LogP contribution in [-0.4, -0.2) is 30.1 Å². The number of carboxylic acid groups (broad SMARTS) is 1. The Kier molecular flexibility index (Phi) is 4.97. The molecule has 3 N–H and O–H groups in total. The summed E-state index contributed by atoms with van der Waals surface area (Å²) in [6.07, 6.45) is 0. The first-order valence-electron chi connectivity index (χ1n) is 5.41. The number of carbonyl (C=O) groups excluding carboxylic acids is 1. The summed E-state index contributed by atoms with van der Waals surface area (Å²) in [5.74, 6) is -1.86. The highest BCUT2D eigenvalue weighted by atomic mass is 35.5. The van der Waals surface area contributed by atoms with Gasteiger partial charge in [0.15, 0.2) is 0 Å². The van der Waals surface area contributed by atoms with Gasteiger partial charge in [-0.15, -0.1) is 0 Å². The van der Waals surface area contributed by atoms with Crippen LogP contribution >= 0.6 is 11.6 Å². The quantitative estimate of drug-likeness (QED) is 0.817. The third-order valence-corrected chi connectivity index (χ3v) is 2.75. The zero-order valence-corrected chi connectivity index (χ0v) is 10.7. The van der Waals surface area contributed by atoms with Crippen molar-refractivity contribution in [1.82, 2.24) is 0 Å². The molecule has 0 aliphatic carbocycles. The van der Waals surface area contributed by atoms with Crippen molar-refractivity contribution in [3.63, 3.8) is 0 Å². The number of benzene rings is 1. The summed E-state index contributed by atoms with van der Waals surface area (Å²) in [7, 11) is 0. The molecule has 0 fully saturated rings. The number of hydrogen-bond donors (Lipinski definition) is 2. The number of rotatable bonds is 6. The average molecular weight is 271 g/mol. The van der Waals surface area contributed by atoms with E-state index >= 15 is 0 Å². The maximum atomic E-state index is 11.0. The maximum Gasteiger partial charge on any atom is 0.323 e. The Hall–Kier alpha value is -1.75. The molecule has 0 radical (unpaired) electrons. The first kappa shape index (κ1) is 14.3. The summed E-state index contributed by atoms with van der Waals surface area (Å²) in [6, 6.07) is 6.75. The standard InChI is InChI=1S/C12H15ClN2O3/c1-8(12(14)18)6-15(7-11(16)17)10-4-2-9(13)3-5-10/h2-5,8H,6-7H2,1H3,(H2,14,18)(H,16,17). The van der Waals surface area contributed by atoms with E-state index in [-0.39, 0.29) is 13.1 Å². The summed E-state index contributed by atoms with van der Waals surface area (Å²) < 4.78 is 0. The fraction of sp³-hybridized carbons (Fsp3) is 0.333. The Labute approximate surface area is 110 Å². The lowest BCUT2D eigenvalue weighted by atomic mass is 10.1. The molecule has 1 aromatic rings. The highest BCUT2D eigenvalue weighted by Crippen LogP contribution is 2.19. The molecule has 1 atom stereocenters. The second-order valence-electron chi connectivity index (χ2n) is 4.05. The van der Waals surface area contributed by atoms with E-state index in [1.807, 2.05) is 0 Å². The van der Waals surface area contributed by atoms with Crippen molar-refractivity contribution in [2.45, 2.75) is 6.92 Å². The zero-order valence-electron chi connectivity index (χ0n) is 9.97. The fourth-order valence-electron chi connectivity index (χ4n) is 1.50. The Morgan fingerprint density at radius 2 is 1.94 bits per heavy atom. The van der Waals surface area contributed by atoms with Gasteiger partial charge in [0.05, 0.1) is 5.92 Å². The molecule has 0 bridgehead atoms. The number of aliphatic carboxylic acids is 1. The molecule has 0 saturated heterocycles. The average Bonchev–Trinajstić information content (AvgIpc) is 2.28. The van der Waals surface area contributed by atoms with Gasteiger partial charge in [-0.25, -0.2) is 0 Å². The number of primary amides is 1. The molecule has 1 rings (SSSR count). The second-order valence-corrected chi connectivity index (χ2v) is 4.49. The molecular weight excluding hydrogens is 256 g/mol. The van der Waals surface area contributed by atoms with Crippen LogP contribution in [0.5, 0.6) is 0 Å². The van der Waals surface area contributed by atoms with E-state index in [4.69, 9.17) is 22.4 Å². The highest BCUT2D eigenvalue weighted by Gasteiger charge is 2.17. The highest BCUT2D eigenvalue weighted by molar-refractivity contribution is 6.30. The summed E-state index contributed by atoms with van der Waals surface area (Å²) in [6.45, 7) is 1.72. The Bertz CT molecular complexity index is 433. The number of carboxylic acids is 1. The Balaban J connectivity index is 2.87. The SMILES string of the molecule is CC(CN(CC(=O)O)c1ccc(Cl)cc1)C(N)=O. The molecule has 1 unspecified atom stereocenters. The van der Waals surface area contributed by atoms with Gasteiger partial charge in [-0.05, 0) is 24.3 Å². The molecule has 0 aromatic heterocycles. The molecule has 0 aliphatic rings. The number of nitrogens with zero attached hydrogens (tertiary/aromatic N) is 1. The second kappa shape index (κ2) is 6.26. The number of halogens is 1. The van der Waals surface area contributed by atoms with Crippen molar-refractivity contribution in [3.8, 4) is 0 Å². The first-order valence-corrected chi connectivity index (χ1v) is 5.79. The summed E-state index contributed by atoms with van der Waals surface area (Å²) in [5.41, 5.74) is 5.87. The van der Waals surface area contributed by atoms with Crippen molar-refractivity contribution < 1.29 is 14.7 Å². The number of amides is 1.